The molecule has 0 saturated heterocycles. The van der Waals surface area contributed by atoms with Gasteiger partial charge >= 0.3 is 17.6 Å². The zero-order valence-corrected chi connectivity index (χ0v) is 37.1. The first-order valence-corrected chi connectivity index (χ1v) is 22.2. The van der Waals surface area contributed by atoms with Crippen LogP contribution in [0.4, 0.5) is 10.0 Å². The third kappa shape index (κ3) is 9.95. The zero-order chi connectivity index (χ0) is 45.4. The topological polar surface area (TPSA) is 219 Å². The van der Waals surface area contributed by atoms with Crippen molar-refractivity contribution in [2.75, 3.05) is 24.7 Å². The molecule has 0 fully saturated rings. The van der Waals surface area contributed by atoms with Gasteiger partial charge in [-0.25, -0.2) is 14.4 Å². The van der Waals surface area contributed by atoms with Gasteiger partial charge in [-0.15, -0.1) is 22.7 Å². The standard InChI is InChI=1S/C32H37N5O5S.C14H11NO4S/c1-5-7-13-25(29(38)34-18-21-11-9-8-10-12-21)36(20(3)4)30(39)22-14-16-23(17-15-22)37-31(40)26-24(19-43-28(26)33)27(35-37)32(41)42-6-2;1-2-18-13(16)7-3-4-10-8(5-7)9-6-20-12(15)11(9)14(17)19-10/h8-12,14-17,19-20,25H,5-7,13,18,33H2,1-4H3,(H,34,38);3-6H,2,15H2,1H3. The average molecular weight is 893 g/mol. The number of amides is 2. The number of ether oxygens (including phenoxy) is 2. The summed E-state index contributed by atoms with van der Waals surface area (Å²) >= 11 is 2.42. The molecule has 0 bridgehead atoms. The SMILES string of the molecule is CCCCC(C(=O)NCc1ccccc1)N(C(=O)c1ccc(-n2nc(C(=O)OCC)c3csc(N)c3c2=O)cc1)C(C)C.CCOC(=O)c1ccc2oc(=O)c3c(N)scc3c2c1. The molecule has 0 aliphatic rings. The van der Waals surface area contributed by atoms with Gasteiger partial charge in [0.25, 0.3) is 11.5 Å². The molecule has 7 rings (SSSR count). The van der Waals surface area contributed by atoms with Crippen molar-refractivity contribution >= 4 is 88.9 Å². The number of esters is 2. The number of rotatable bonds is 14. The number of nitrogen functional groups attached to an aromatic ring is 2. The molecule has 0 radical (unpaired) electrons. The van der Waals surface area contributed by atoms with Crippen molar-refractivity contribution in [2.24, 2.45) is 0 Å². The fourth-order valence-corrected chi connectivity index (χ4v) is 8.62. The lowest BCUT2D eigenvalue weighted by atomic mass is 10.0. The summed E-state index contributed by atoms with van der Waals surface area (Å²) in [7, 11) is 0. The first-order valence-electron chi connectivity index (χ1n) is 20.4. The van der Waals surface area contributed by atoms with E-state index in [9.17, 15) is 28.8 Å². The first-order chi connectivity index (χ1) is 30.3. The van der Waals surface area contributed by atoms with Crippen molar-refractivity contribution in [1.29, 1.82) is 0 Å². The number of nitrogens with two attached hydrogens (primary N) is 2. The van der Waals surface area contributed by atoms with Crippen LogP contribution in [0, 0.1) is 0 Å². The molecule has 5 N–H and O–H groups in total. The summed E-state index contributed by atoms with van der Waals surface area (Å²) in [5.74, 6) is -1.58. The lowest BCUT2D eigenvalue weighted by Gasteiger charge is -2.34. The Morgan fingerprint density at radius 1 is 0.810 bits per heavy atom. The number of unbranched alkanes of at least 4 members (excludes halogenated alkanes) is 1. The van der Waals surface area contributed by atoms with Crippen LogP contribution in [0.15, 0.2) is 97.6 Å². The molecule has 15 nitrogen and oxygen atoms in total. The van der Waals surface area contributed by atoms with Crippen molar-refractivity contribution in [3.05, 3.63) is 127 Å². The fraction of sp³-hybridized carbons (Fsp3) is 0.283. The number of thiophene rings is 2. The van der Waals surface area contributed by atoms with E-state index in [-0.39, 0.29) is 40.5 Å². The van der Waals surface area contributed by atoms with Crippen LogP contribution in [-0.4, -0.2) is 63.7 Å². The Kier molecular flexibility index (Phi) is 14.8. The van der Waals surface area contributed by atoms with Crippen molar-refractivity contribution < 1.29 is 33.1 Å². The third-order valence-corrected chi connectivity index (χ3v) is 11.7. The van der Waals surface area contributed by atoms with Crippen LogP contribution in [0.1, 0.15) is 90.6 Å². The molecular formula is C46H48N6O9S2. The second-order valence-electron chi connectivity index (χ2n) is 14.6. The minimum Gasteiger partial charge on any atom is -0.462 e. The Morgan fingerprint density at radius 3 is 2.10 bits per heavy atom. The summed E-state index contributed by atoms with van der Waals surface area (Å²) in [4.78, 5) is 78.5. The Balaban J connectivity index is 0.000000273. The smallest absolute Gasteiger partial charge is 0.359 e. The quantitative estimate of drug-likeness (QED) is 0.0707. The summed E-state index contributed by atoms with van der Waals surface area (Å²) in [6.45, 7) is 10.1. The number of carbonyl (C=O) groups is 4. The summed E-state index contributed by atoms with van der Waals surface area (Å²) in [5.41, 5.74) is 13.4. The Bertz CT molecular complexity index is 2900. The number of hydrogen-bond acceptors (Lipinski definition) is 14. The molecule has 0 saturated carbocycles. The average Bonchev–Trinajstić information content (AvgIpc) is 3.87. The second kappa shape index (κ2) is 20.3. The monoisotopic (exact) mass is 892 g/mol. The van der Waals surface area contributed by atoms with Crippen LogP contribution in [-0.2, 0) is 20.8 Å². The highest BCUT2D eigenvalue weighted by Gasteiger charge is 2.32. The van der Waals surface area contributed by atoms with E-state index >= 15 is 0 Å². The molecule has 1 atom stereocenters. The van der Waals surface area contributed by atoms with Crippen LogP contribution < -0.4 is 28.0 Å². The molecule has 17 heteroatoms. The van der Waals surface area contributed by atoms with Crippen molar-refractivity contribution in [3.63, 3.8) is 0 Å². The van der Waals surface area contributed by atoms with E-state index in [0.29, 0.717) is 68.5 Å². The van der Waals surface area contributed by atoms with Crippen LogP contribution >= 0.6 is 22.7 Å². The van der Waals surface area contributed by atoms with Gasteiger partial charge < -0.3 is 35.6 Å². The number of aromatic nitrogens is 2. The minimum atomic E-state index is -0.665. The van der Waals surface area contributed by atoms with Gasteiger partial charge in [0.15, 0.2) is 5.69 Å². The maximum absolute atomic E-state index is 13.9. The number of anilines is 2. The van der Waals surface area contributed by atoms with Gasteiger partial charge in [-0.1, -0.05) is 50.1 Å². The van der Waals surface area contributed by atoms with E-state index in [4.69, 9.17) is 25.4 Å². The maximum Gasteiger partial charge on any atom is 0.359 e. The fourth-order valence-electron chi connectivity index (χ4n) is 7.03. The molecule has 4 heterocycles. The summed E-state index contributed by atoms with van der Waals surface area (Å²) in [6.07, 6.45) is 2.19. The van der Waals surface area contributed by atoms with Gasteiger partial charge in [0.1, 0.15) is 22.0 Å². The van der Waals surface area contributed by atoms with Crippen LogP contribution in [0.3, 0.4) is 0 Å². The van der Waals surface area contributed by atoms with E-state index in [0.717, 1.165) is 34.4 Å². The number of fused-ring (bicyclic) bond motifs is 4. The number of nitrogens with zero attached hydrogens (tertiary/aromatic N) is 3. The van der Waals surface area contributed by atoms with Gasteiger partial charge in [0, 0.05) is 45.1 Å². The highest BCUT2D eigenvalue weighted by molar-refractivity contribution is 7.16. The largest absolute Gasteiger partial charge is 0.462 e. The van der Waals surface area contributed by atoms with E-state index in [1.165, 1.54) is 11.3 Å². The van der Waals surface area contributed by atoms with E-state index in [1.54, 1.807) is 72.0 Å². The van der Waals surface area contributed by atoms with Gasteiger partial charge in [-0.2, -0.15) is 9.78 Å². The first kappa shape index (κ1) is 45.7. The highest BCUT2D eigenvalue weighted by atomic mass is 32.1. The van der Waals surface area contributed by atoms with Gasteiger partial charge in [-0.3, -0.25) is 14.4 Å². The zero-order valence-electron chi connectivity index (χ0n) is 35.5. The normalized spacial score (nSPS) is 11.6. The lowest BCUT2D eigenvalue weighted by molar-refractivity contribution is -0.126. The van der Waals surface area contributed by atoms with Crippen LogP contribution in [0.5, 0.6) is 0 Å². The third-order valence-electron chi connectivity index (χ3n) is 10.1. The molecule has 4 aromatic heterocycles. The predicted molar refractivity (Wildman–Crippen MR) is 247 cm³/mol. The Hall–Kier alpha value is -6.85. The van der Waals surface area contributed by atoms with Crippen molar-refractivity contribution in [1.82, 2.24) is 20.0 Å². The Labute approximate surface area is 370 Å². The van der Waals surface area contributed by atoms with Gasteiger partial charge in [0.05, 0.1) is 34.9 Å². The number of carbonyl (C=O) groups excluding carboxylic acids is 4. The maximum atomic E-state index is 13.9. The summed E-state index contributed by atoms with van der Waals surface area (Å²) < 4.78 is 16.4. The summed E-state index contributed by atoms with van der Waals surface area (Å²) in [6, 6.07) is 19.9. The van der Waals surface area contributed by atoms with Crippen molar-refractivity contribution in [3.8, 4) is 5.69 Å². The molecule has 63 heavy (non-hydrogen) atoms. The lowest BCUT2D eigenvalue weighted by Crippen LogP contribution is -2.52. The predicted octanol–water partition coefficient (Wildman–Crippen LogP) is 7.70. The minimum absolute atomic E-state index is 0.0178. The van der Waals surface area contributed by atoms with E-state index in [1.807, 2.05) is 51.1 Å². The Morgan fingerprint density at radius 2 is 1.44 bits per heavy atom. The molecule has 328 valence electrons. The second-order valence-corrected chi connectivity index (χ2v) is 16.4. The van der Waals surface area contributed by atoms with E-state index < -0.39 is 29.2 Å². The van der Waals surface area contributed by atoms with Crippen LogP contribution in [0.25, 0.3) is 38.2 Å². The molecule has 2 amide bonds. The highest BCUT2D eigenvalue weighted by Crippen LogP contribution is 2.32. The molecule has 1 unspecified atom stereocenters. The van der Waals surface area contributed by atoms with Crippen molar-refractivity contribution in [2.45, 2.75) is 72.5 Å². The van der Waals surface area contributed by atoms with Gasteiger partial charge in [0.2, 0.25) is 5.91 Å². The molecule has 7 aromatic rings. The number of benzene rings is 3. The molecular weight excluding hydrogens is 845 g/mol. The summed E-state index contributed by atoms with van der Waals surface area (Å²) in [5, 5.41) is 13.7. The molecule has 0 aliphatic heterocycles. The van der Waals surface area contributed by atoms with Gasteiger partial charge in [-0.05, 0) is 82.1 Å². The number of nitrogens with one attached hydrogen (secondary N) is 1. The van der Waals surface area contributed by atoms with E-state index in [2.05, 4.69) is 10.4 Å². The van der Waals surface area contributed by atoms with Crippen LogP contribution in [0.2, 0.25) is 0 Å². The molecule has 3 aromatic carbocycles. The number of hydrogen-bond donors (Lipinski definition) is 3. The molecule has 0 aliphatic carbocycles. The molecule has 0 spiro atoms.